The molecule has 18 heavy (non-hydrogen) atoms. The highest BCUT2D eigenvalue weighted by molar-refractivity contribution is 7.78. The highest BCUT2D eigenvalue weighted by Crippen LogP contribution is 2.38. The van der Waals surface area contributed by atoms with Crippen molar-refractivity contribution in [2.75, 3.05) is 0 Å². The minimum atomic E-state index is -0.434. The Morgan fingerprint density at radius 1 is 0.833 bits per heavy atom. The molecule has 0 radical (unpaired) electrons. The largest absolute Gasteiger partial charge is 0.349 e. The van der Waals surface area contributed by atoms with Crippen LogP contribution < -0.4 is 10.0 Å². The number of amides is 1. The molecule has 0 saturated heterocycles. The molecular weight excluding hydrogens is 244 g/mol. The lowest BCUT2D eigenvalue weighted by molar-refractivity contribution is -0.137. The highest BCUT2D eigenvalue weighted by atomic mass is 32.1. The van der Waals surface area contributed by atoms with Crippen LogP contribution in [0.15, 0.2) is 0 Å². The SMILES string of the molecule is CC(C)(C)C(C)(C)C(=O)NC(C)(C)C(C)(C)NS. The molecule has 0 unspecified atom stereocenters. The van der Waals surface area contributed by atoms with E-state index in [1.807, 2.05) is 41.5 Å². The van der Waals surface area contributed by atoms with E-state index in [9.17, 15) is 4.79 Å². The number of hydrogen-bond acceptors (Lipinski definition) is 3. The standard InChI is InChI=1S/C14H30N2OS/c1-11(2,3)12(4,5)10(17)15-13(6,7)14(8,9)16-18/h16,18H,1-9H3,(H,15,17). The Kier molecular flexibility index (Phi) is 4.98. The van der Waals surface area contributed by atoms with Gasteiger partial charge in [-0.2, -0.15) is 0 Å². The van der Waals surface area contributed by atoms with Crippen molar-refractivity contribution >= 4 is 18.7 Å². The van der Waals surface area contributed by atoms with Gasteiger partial charge < -0.3 is 5.32 Å². The lowest BCUT2D eigenvalue weighted by atomic mass is 9.68. The Hall–Kier alpha value is -0.220. The van der Waals surface area contributed by atoms with Crippen LogP contribution in [0.5, 0.6) is 0 Å². The van der Waals surface area contributed by atoms with Crippen LogP contribution in [-0.2, 0) is 4.79 Å². The van der Waals surface area contributed by atoms with Gasteiger partial charge in [0.2, 0.25) is 5.91 Å². The Morgan fingerprint density at radius 3 is 1.50 bits per heavy atom. The maximum atomic E-state index is 12.5. The summed E-state index contributed by atoms with van der Waals surface area (Å²) in [7, 11) is 0. The first-order chi connectivity index (χ1) is 7.69. The van der Waals surface area contributed by atoms with Crippen LogP contribution in [-0.4, -0.2) is 17.0 Å². The summed E-state index contributed by atoms with van der Waals surface area (Å²) in [5.41, 5.74) is -1.23. The summed E-state index contributed by atoms with van der Waals surface area (Å²) in [5.74, 6) is 0.0664. The van der Waals surface area contributed by atoms with Gasteiger partial charge in [0.05, 0.1) is 5.54 Å². The molecule has 0 bridgehead atoms. The van der Waals surface area contributed by atoms with E-state index in [1.165, 1.54) is 0 Å². The van der Waals surface area contributed by atoms with Crippen LogP contribution in [0.2, 0.25) is 0 Å². The van der Waals surface area contributed by atoms with Gasteiger partial charge in [0.1, 0.15) is 0 Å². The van der Waals surface area contributed by atoms with Gasteiger partial charge in [-0.25, -0.2) is 0 Å². The molecule has 0 aliphatic heterocycles. The predicted molar refractivity (Wildman–Crippen MR) is 81.7 cm³/mol. The zero-order valence-electron chi connectivity index (χ0n) is 13.4. The fourth-order valence-electron chi connectivity index (χ4n) is 1.08. The molecule has 0 spiro atoms. The molecular formula is C14H30N2OS. The maximum absolute atomic E-state index is 12.5. The van der Waals surface area contributed by atoms with Gasteiger partial charge in [-0.3, -0.25) is 9.52 Å². The van der Waals surface area contributed by atoms with E-state index in [-0.39, 0.29) is 16.9 Å². The molecule has 0 aliphatic rings. The molecule has 0 atom stereocenters. The van der Waals surface area contributed by atoms with Crippen molar-refractivity contribution < 1.29 is 4.79 Å². The van der Waals surface area contributed by atoms with E-state index in [4.69, 9.17) is 0 Å². The average Bonchev–Trinajstić information content (AvgIpc) is 2.14. The van der Waals surface area contributed by atoms with Crippen LogP contribution in [0.3, 0.4) is 0 Å². The minimum absolute atomic E-state index is 0.0664. The van der Waals surface area contributed by atoms with Gasteiger partial charge in [0.25, 0.3) is 0 Å². The van der Waals surface area contributed by atoms with Gasteiger partial charge in [-0.15, -0.1) is 0 Å². The minimum Gasteiger partial charge on any atom is -0.349 e. The zero-order chi connectivity index (χ0) is 15.0. The molecule has 1 amide bonds. The maximum Gasteiger partial charge on any atom is 0.226 e. The number of carbonyl (C=O) groups is 1. The number of carbonyl (C=O) groups excluding carboxylic acids is 1. The van der Waals surface area contributed by atoms with Crippen molar-refractivity contribution in [1.82, 2.24) is 10.0 Å². The zero-order valence-corrected chi connectivity index (χ0v) is 14.2. The second-order valence-electron chi connectivity index (χ2n) is 7.69. The quantitative estimate of drug-likeness (QED) is 0.689. The van der Waals surface area contributed by atoms with Crippen LogP contribution in [0.4, 0.5) is 0 Å². The molecule has 3 nitrogen and oxygen atoms in total. The van der Waals surface area contributed by atoms with E-state index in [1.54, 1.807) is 0 Å². The fraction of sp³-hybridized carbons (Fsp3) is 0.929. The summed E-state index contributed by atoms with van der Waals surface area (Å²) in [5, 5.41) is 3.14. The molecule has 0 fully saturated rings. The second kappa shape index (κ2) is 5.04. The van der Waals surface area contributed by atoms with E-state index >= 15 is 0 Å². The van der Waals surface area contributed by atoms with Gasteiger partial charge in [0, 0.05) is 11.0 Å². The van der Waals surface area contributed by atoms with E-state index < -0.39 is 11.0 Å². The lowest BCUT2D eigenvalue weighted by Crippen LogP contribution is -2.64. The summed E-state index contributed by atoms with van der Waals surface area (Å²) in [6.45, 7) is 18.3. The van der Waals surface area contributed by atoms with Crippen molar-refractivity contribution in [3.05, 3.63) is 0 Å². The summed E-state index contributed by atoms with van der Waals surface area (Å²) < 4.78 is 2.96. The average molecular weight is 274 g/mol. The topological polar surface area (TPSA) is 41.1 Å². The van der Waals surface area contributed by atoms with Crippen molar-refractivity contribution in [2.24, 2.45) is 10.8 Å². The normalized spacial score (nSPS) is 14.6. The third-order valence-corrected chi connectivity index (χ3v) is 5.27. The molecule has 0 saturated carbocycles. The molecule has 108 valence electrons. The lowest BCUT2D eigenvalue weighted by Gasteiger charge is -2.45. The van der Waals surface area contributed by atoms with Crippen LogP contribution in [0, 0.1) is 10.8 Å². The highest BCUT2D eigenvalue weighted by Gasteiger charge is 2.44. The first-order valence-electron chi connectivity index (χ1n) is 6.43. The summed E-state index contributed by atoms with van der Waals surface area (Å²) >= 11 is 4.15. The van der Waals surface area contributed by atoms with E-state index in [0.717, 1.165) is 0 Å². The Bertz CT molecular complexity index is 314. The second-order valence-corrected chi connectivity index (χ2v) is 7.91. The number of rotatable bonds is 4. The molecule has 0 aromatic carbocycles. The Labute approximate surface area is 118 Å². The first kappa shape index (κ1) is 17.8. The summed E-state index contributed by atoms with van der Waals surface area (Å²) in [6, 6.07) is 0. The van der Waals surface area contributed by atoms with Gasteiger partial charge in [-0.1, -0.05) is 47.4 Å². The molecule has 0 aromatic rings. The van der Waals surface area contributed by atoms with Crippen molar-refractivity contribution in [1.29, 1.82) is 0 Å². The number of hydrogen-bond donors (Lipinski definition) is 3. The molecule has 2 N–H and O–H groups in total. The number of nitrogens with one attached hydrogen (secondary N) is 2. The van der Waals surface area contributed by atoms with Gasteiger partial charge in [0.15, 0.2) is 0 Å². The van der Waals surface area contributed by atoms with E-state index in [0.29, 0.717) is 0 Å². The molecule has 4 heteroatoms. The Balaban J connectivity index is 5.10. The van der Waals surface area contributed by atoms with Crippen LogP contribution in [0.25, 0.3) is 0 Å². The molecule has 0 aliphatic carbocycles. The molecule has 0 aromatic heterocycles. The molecule has 0 rings (SSSR count). The van der Waals surface area contributed by atoms with Crippen LogP contribution >= 0.6 is 12.8 Å². The van der Waals surface area contributed by atoms with Gasteiger partial charge in [-0.05, 0) is 33.1 Å². The van der Waals surface area contributed by atoms with Crippen molar-refractivity contribution in [3.8, 4) is 0 Å². The van der Waals surface area contributed by atoms with Gasteiger partial charge >= 0.3 is 0 Å². The summed E-state index contributed by atoms with van der Waals surface area (Å²) in [4.78, 5) is 12.5. The fourth-order valence-corrected chi connectivity index (χ4v) is 1.36. The van der Waals surface area contributed by atoms with Crippen molar-refractivity contribution in [3.63, 3.8) is 0 Å². The summed E-state index contributed by atoms with van der Waals surface area (Å²) in [6.07, 6.45) is 0. The third kappa shape index (κ3) is 3.41. The smallest absolute Gasteiger partial charge is 0.226 e. The third-order valence-electron chi connectivity index (χ3n) is 4.71. The number of thiol groups is 1. The first-order valence-corrected chi connectivity index (χ1v) is 6.87. The Morgan fingerprint density at radius 2 is 1.22 bits per heavy atom. The van der Waals surface area contributed by atoms with Crippen molar-refractivity contribution in [2.45, 2.75) is 73.4 Å². The monoisotopic (exact) mass is 274 g/mol. The molecule has 0 heterocycles. The predicted octanol–water partition coefficient (Wildman–Crippen LogP) is 3.17. The van der Waals surface area contributed by atoms with E-state index in [2.05, 4.69) is 43.6 Å². The van der Waals surface area contributed by atoms with Crippen LogP contribution in [0.1, 0.15) is 62.3 Å².